The second kappa shape index (κ2) is 5.75. The summed E-state index contributed by atoms with van der Waals surface area (Å²) >= 11 is 1.53. The average molecular weight is 306 g/mol. The van der Waals surface area contributed by atoms with Crippen molar-refractivity contribution >= 4 is 21.4 Å². The molecule has 1 aromatic heterocycles. The molecule has 1 N–H and O–H groups in total. The van der Waals surface area contributed by atoms with Crippen LogP contribution >= 0.6 is 11.3 Å². The largest absolute Gasteiger partial charge is 0.241 e. The minimum atomic E-state index is -3.60. The maximum absolute atomic E-state index is 12.4. The summed E-state index contributed by atoms with van der Waals surface area (Å²) in [5.74, 6) is 0. The van der Waals surface area contributed by atoms with E-state index in [1.807, 2.05) is 22.9 Å². The van der Waals surface area contributed by atoms with Crippen molar-refractivity contribution < 1.29 is 8.42 Å². The first-order chi connectivity index (χ1) is 9.44. The van der Waals surface area contributed by atoms with Crippen molar-refractivity contribution in [2.75, 3.05) is 0 Å². The highest BCUT2D eigenvalue weighted by atomic mass is 32.2. The Balaban J connectivity index is 2.29. The van der Waals surface area contributed by atoms with Gasteiger partial charge in [-0.2, -0.15) is 16.6 Å². The maximum Gasteiger partial charge on any atom is 0.241 e. The van der Waals surface area contributed by atoms with Crippen molar-refractivity contribution in [3.05, 3.63) is 51.7 Å². The molecule has 2 aromatic rings. The highest BCUT2D eigenvalue weighted by Crippen LogP contribution is 2.21. The highest BCUT2D eigenvalue weighted by Gasteiger charge is 2.20. The van der Waals surface area contributed by atoms with Gasteiger partial charge in [-0.05, 0) is 60.0 Å². The predicted molar refractivity (Wildman–Crippen MR) is 78.9 cm³/mol. The first-order valence-corrected chi connectivity index (χ1v) is 8.42. The standard InChI is InChI=1S/C14H14N2O2S2/c1-10-7-12(8-15)3-4-14(10)20(17,18)16-11(2)13-5-6-19-9-13/h3-7,9,11,16H,1-2H3. The molecule has 1 aromatic carbocycles. The molecular formula is C14H14N2O2S2. The Kier molecular flexibility index (Phi) is 4.23. The Hall–Kier alpha value is -1.68. The van der Waals surface area contributed by atoms with E-state index in [1.54, 1.807) is 19.9 Å². The quantitative estimate of drug-likeness (QED) is 0.944. The van der Waals surface area contributed by atoms with Crippen LogP contribution < -0.4 is 4.72 Å². The smallest absolute Gasteiger partial charge is 0.207 e. The van der Waals surface area contributed by atoms with Crippen LogP contribution in [-0.4, -0.2) is 8.42 Å². The Morgan fingerprint density at radius 3 is 2.65 bits per heavy atom. The van der Waals surface area contributed by atoms with Gasteiger partial charge in [-0.3, -0.25) is 0 Å². The lowest BCUT2D eigenvalue weighted by Gasteiger charge is -2.14. The van der Waals surface area contributed by atoms with Gasteiger partial charge >= 0.3 is 0 Å². The Bertz CT molecular complexity index is 744. The molecule has 0 saturated carbocycles. The van der Waals surface area contributed by atoms with E-state index >= 15 is 0 Å². The zero-order chi connectivity index (χ0) is 14.8. The zero-order valence-electron chi connectivity index (χ0n) is 11.1. The molecule has 0 fully saturated rings. The van der Waals surface area contributed by atoms with Crippen LogP contribution in [-0.2, 0) is 10.0 Å². The highest BCUT2D eigenvalue weighted by molar-refractivity contribution is 7.89. The van der Waals surface area contributed by atoms with Crippen molar-refractivity contribution in [1.29, 1.82) is 5.26 Å². The molecule has 1 heterocycles. The molecule has 0 aliphatic rings. The van der Waals surface area contributed by atoms with E-state index in [4.69, 9.17) is 5.26 Å². The fraction of sp³-hybridized carbons (Fsp3) is 0.214. The number of nitriles is 1. The second-order valence-corrected chi connectivity index (χ2v) is 6.95. The first-order valence-electron chi connectivity index (χ1n) is 5.99. The third kappa shape index (κ3) is 3.07. The number of rotatable bonds is 4. The molecule has 0 amide bonds. The van der Waals surface area contributed by atoms with Crippen molar-refractivity contribution in [1.82, 2.24) is 4.72 Å². The van der Waals surface area contributed by atoms with Crippen LogP contribution in [0.5, 0.6) is 0 Å². The van der Waals surface area contributed by atoms with Gasteiger partial charge in [-0.25, -0.2) is 13.1 Å². The van der Waals surface area contributed by atoms with E-state index in [9.17, 15) is 8.42 Å². The number of sulfonamides is 1. The molecule has 1 atom stereocenters. The summed E-state index contributed by atoms with van der Waals surface area (Å²) < 4.78 is 27.4. The summed E-state index contributed by atoms with van der Waals surface area (Å²) in [6.07, 6.45) is 0. The molecule has 4 nitrogen and oxygen atoms in total. The van der Waals surface area contributed by atoms with E-state index in [1.165, 1.54) is 23.5 Å². The molecule has 0 radical (unpaired) electrons. The van der Waals surface area contributed by atoms with Crippen LogP contribution in [0.2, 0.25) is 0 Å². The molecule has 0 aliphatic carbocycles. The molecule has 2 rings (SSSR count). The lowest BCUT2D eigenvalue weighted by atomic mass is 10.2. The molecule has 0 aliphatic heterocycles. The maximum atomic E-state index is 12.4. The lowest BCUT2D eigenvalue weighted by Crippen LogP contribution is -2.27. The van der Waals surface area contributed by atoms with Crippen LogP contribution in [0, 0.1) is 18.3 Å². The minimum absolute atomic E-state index is 0.207. The van der Waals surface area contributed by atoms with E-state index in [-0.39, 0.29) is 10.9 Å². The van der Waals surface area contributed by atoms with Gasteiger partial charge in [0.25, 0.3) is 0 Å². The molecular weight excluding hydrogens is 292 g/mol. The second-order valence-electron chi connectivity index (χ2n) is 4.49. The molecule has 20 heavy (non-hydrogen) atoms. The molecule has 0 saturated heterocycles. The van der Waals surface area contributed by atoms with Gasteiger partial charge in [-0.1, -0.05) is 0 Å². The van der Waals surface area contributed by atoms with Crippen molar-refractivity contribution in [3.8, 4) is 6.07 Å². The van der Waals surface area contributed by atoms with Gasteiger partial charge in [-0.15, -0.1) is 0 Å². The van der Waals surface area contributed by atoms with Gasteiger partial charge in [0, 0.05) is 6.04 Å². The first kappa shape index (κ1) is 14.7. The van der Waals surface area contributed by atoms with Gasteiger partial charge in [0.1, 0.15) is 0 Å². The lowest BCUT2D eigenvalue weighted by molar-refractivity contribution is 0.566. The van der Waals surface area contributed by atoms with Gasteiger partial charge in [0.15, 0.2) is 0 Å². The van der Waals surface area contributed by atoms with E-state index < -0.39 is 10.0 Å². The fourth-order valence-electron chi connectivity index (χ4n) is 1.91. The van der Waals surface area contributed by atoms with Crippen molar-refractivity contribution in [2.24, 2.45) is 0 Å². The third-order valence-electron chi connectivity index (χ3n) is 2.97. The number of benzene rings is 1. The number of hydrogen-bond donors (Lipinski definition) is 1. The predicted octanol–water partition coefficient (Wildman–Crippen LogP) is 2.97. The summed E-state index contributed by atoms with van der Waals surface area (Å²) in [6, 6.07) is 8.15. The normalized spacial score (nSPS) is 12.8. The van der Waals surface area contributed by atoms with Crippen LogP contribution in [0.25, 0.3) is 0 Å². The van der Waals surface area contributed by atoms with Crippen LogP contribution in [0.1, 0.15) is 29.7 Å². The van der Waals surface area contributed by atoms with Crippen LogP contribution in [0.15, 0.2) is 39.9 Å². The van der Waals surface area contributed by atoms with E-state index in [0.717, 1.165) is 5.56 Å². The summed E-state index contributed by atoms with van der Waals surface area (Å²) in [5, 5.41) is 12.6. The number of hydrogen-bond acceptors (Lipinski definition) is 4. The minimum Gasteiger partial charge on any atom is -0.207 e. The number of aryl methyl sites for hydroxylation is 1. The summed E-state index contributed by atoms with van der Waals surface area (Å²) in [7, 11) is -3.60. The molecule has 1 unspecified atom stereocenters. The van der Waals surface area contributed by atoms with Crippen LogP contribution in [0.3, 0.4) is 0 Å². The number of nitrogens with one attached hydrogen (secondary N) is 1. The van der Waals surface area contributed by atoms with Gasteiger partial charge in [0.05, 0.1) is 16.5 Å². The summed E-state index contributed by atoms with van der Waals surface area (Å²) in [4.78, 5) is 0.207. The third-order valence-corrected chi connectivity index (χ3v) is 5.37. The Morgan fingerprint density at radius 2 is 2.10 bits per heavy atom. The van der Waals surface area contributed by atoms with E-state index in [0.29, 0.717) is 11.1 Å². The number of thiophene rings is 1. The zero-order valence-corrected chi connectivity index (χ0v) is 12.8. The summed E-state index contributed by atoms with van der Waals surface area (Å²) in [5.41, 5.74) is 1.95. The van der Waals surface area contributed by atoms with E-state index in [2.05, 4.69) is 4.72 Å². The fourth-order valence-corrected chi connectivity index (χ4v) is 4.12. The molecule has 0 bridgehead atoms. The van der Waals surface area contributed by atoms with Crippen molar-refractivity contribution in [2.45, 2.75) is 24.8 Å². The SMILES string of the molecule is Cc1cc(C#N)ccc1S(=O)(=O)NC(C)c1ccsc1. The molecule has 0 spiro atoms. The summed E-state index contributed by atoms with van der Waals surface area (Å²) in [6.45, 7) is 3.49. The van der Waals surface area contributed by atoms with Crippen LogP contribution in [0.4, 0.5) is 0 Å². The number of nitrogens with zero attached hydrogens (tertiary/aromatic N) is 1. The Morgan fingerprint density at radius 1 is 1.35 bits per heavy atom. The van der Waals surface area contributed by atoms with Gasteiger partial charge < -0.3 is 0 Å². The topological polar surface area (TPSA) is 70.0 Å². The molecule has 6 heteroatoms. The van der Waals surface area contributed by atoms with Crippen molar-refractivity contribution in [3.63, 3.8) is 0 Å². The van der Waals surface area contributed by atoms with Gasteiger partial charge in [0.2, 0.25) is 10.0 Å². The molecule has 104 valence electrons. The monoisotopic (exact) mass is 306 g/mol. The Labute approximate surface area is 122 Å². The average Bonchev–Trinajstić information content (AvgIpc) is 2.91.